The fourth-order valence-electron chi connectivity index (χ4n) is 3.20. The zero-order valence-electron chi connectivity index (χ0n) is 14.6. The lowest BCUT2D eigenvalue weighted by atomic mass is 9.94. The number of ether oxygens (including phenoxy) is 1. The number of hydrogen-bond acceptors (Lipinski definition) is 5. The highest BCUT2D eigenvalue weighted by Crippen LogP contribution is 2.42. The third kappa shape index (κ3) is 3.41. The van der Waals surface area contributed by atoms with Gasteiger partial charge >= 0.3 is 0 Å². The van der Waals surface area contributed by atoms with Gasteiger partial charge in [-0.2, -0.15) is 0 Å². The maximum atomic E-state index is 12.7. The molecule has 0 bridgehead atoms. The molecule has 1 fully saturated rings. The zero-order chi connectivity index (χ0) is 19.6. The van der Waals surface area contributed by atoms with Crippen molar-refractivity contribution in [3.8, 4) is 5.75 Å². The minimum atomic E-state index is -0.871. The fourth-order valence-corrected chi connectivity index (χ4v) is 3.32. The predicted octanol–water partition coefficient (Wildman–Crippen LogP) is 2.76. The number of likely N-dealkylation sites (tertiary alicyclic amines) is 1. The number of β-amino-alcohol motifs (C(OH)–C–C–N with tert-alkyl or cyclic N) is 1. The van der Waals surface area contributed by atoms with Crippen molar-refractivity contribution in [2.24, 2.45) is 0 Å². The number of aliphatic hydroxyl groups excluding tert-OH is 2. The Labute approximate surface area is 161 Å². The van der Waals surface area contributed by atoms with E-state index in [4.69, 9.17) is 16.3 Å². The number of benzene rings is 2. The van der Waals surface area contributed by atoms with E-state index in [1.165, 1.54) is 12.0 Å². The van der Waals surface area contributed by atoms with Gasteiger partial charge in [-0.15, -0.1) is 0 Å². The first-order valence-corrected chi connectivity index (χ1v) is 8.65. The standard InChI is InChI=1S/C20H18ClNO5/c1-27-15-5-3-2-4-14(15)17-16(19(25)20(26)22(17)10-11-23)18(24)12-6-8-13(21)9-7-12/h2-9,17,23-24H,10-11H2,1H3/t17-/m1/s1. The van der Waals surface area contributed by atoms with Crippen LogP contribution < -0.4 is 4.74 Å². The molecule has 1 amide bonds. The lowest BCUT2D eigenvalue weighted by Gasteiger charge is -2.25. The molecule has 7 heteroatoms. The molecular formula is C20H18ClNO5. The Bertz CT molecular complexity index is 907. The Morgan fingerprint density at radius 3 is 2.44 bits per heavy atom. The van der Waals surface area contributed by atoms with E-state index < -0.39 is 17.7 Å². The van der Waals surface area contributed by atoms with E-state index in [2.05, 4.69) is 0 Å². The summed E-state index contributed by atoms with van der Waals surface area (Å²) in [7, 11) is 1.48. The van der Waals surface area contributed by atoms with Crippen LogP contribution in [0.25, 0.3) is 5.76 Å². The van der Waals surface area contributed by atoms with Gasteiger partial charge in [-0.1, -0.05) is 29.8 Å². The number of carbonyl (C=O) groups excluding carboxylic acids is 2. The minimum Gasteiger partial charge on any atom is -0.507 e. The Kier molecular flexibility index (Phi) is 5.48. The lowest BCUT2D eigenvalue weighted by molar-refractivity contribution is -0.140. The summed E-state index contributed by atoms with van der Waals surface area (Å²) in [6.07, 6.45) is 0. The summed E-state index contributed by atoms with van der Waals surface area (Å²) in [4.78, 5) is 26.5. The summed E-state index contributed by atoms with van der Waals surface area (Å²) in [5, 5.41) is 20.7. The summed E-state index contributed by atoms with van der Waals surface area (Å²) in [5.74, 6) is -1.43. The molecule has 1 aliphatic rings. The van der Waals surface area contributed by atoms with Gasteiger partial charge in [0.15, 0.2) is 0 Å². The minimum absolute atomic E-state index is 0.0509. The number of halogens is 1. The van der Waals surface area contributed by atoms with Crippen LogP contribution in [0.4, 0.5) is 0 Å². The van der Waals surface area contributed by atoms with E-state index in [0.29, 0.717) is 21.9 Å². The number of hydrogen-bond donors (Lipinski definition) is 2. The molecule has 1 atom stereocenters. The molecule has 0 radical (unpaired) electrons. The number of aliphatic hydroxyl groups is 2. The average molecular weight is 388 g/mol. The van der Waals surface area contributed by atoms with Crippen LogP contribution in [-0.4, -0.2) is 47.1 Å². The number of methoxy groups -OCH3 is 1. The van der Waals surface area contributed by atoms with E-state index in [9.17, 15) is 19.8 Å². The summed E-state index contributed by atoms with van der Waals surface area (Å²) < 4.78 is 5.37. The van der Waals surface area contributed by atoms with E-state index in [1.807, 2.05) is 0 Å². The second kappa shape index (κ2) is 7.82. The van der Waals surface area contributed by atoms with Gasteiger partial charge in [0.2, 0.25) is 0 Å². The maximum absolute atomic E-state index is 12.7. The Balaban J connectivity index is 2.22. The second-order valence-electron chi connectivity index (χ2n) is 5.96. The number of rotatable bonds is 5. The summed E-state index contributed by atoms with van der Waals surface area (Å²) in [6, 6.07) is 12.4. The molecule has 2 aromatic rings. The number of nitrogens with zero attached hydrogens (tertiary/aromatic N) is 1. The molecule has 27 heavy (non-hydrogen) atoms. The molecule has 1 saturated heterocycles. The molecule has 6 nitrogen and oxygen atoms in total. The quantitative estimate of drug-likeness (QED) is 0.468. The Morgan fingerprint density at radius 2 is 1.81 bits per heavy atom. The van der Waals surface area contributed by atoms with Crippen molar-refractivity contribution in [2.45, 2.75) is 6.04 Å². The molecule has 3 rings (SSSR count). The number of Topliss-reactive ketones (excluding diaryl/α,β-unsaturated/α-hetero) is 1. The summed E-state index contributed by atoms with van der Waals surface area (Å²) in [6.45, 7) is -0.371. The molecule has 0 aliphatic carbocycles. The van der Waals surface area contributed by atoms with Gasteiger partial charge in [0.05, 0.1) is 25.3 Å². The zero-order valence-corrected chi connectivity index (χ0v) is 15.3. The normalized spacial score (nSPS) is 18.8. The third-order valence-corrected chi connectivity index (χ3v) is 4.68. The molecule has 2 aromatic carbocycles. The van der Waals surface area contributed by atoms with Gasteiger partial charge in [0.1, 0.15) is 11.5 Å². The van der Waals surface area contributed by atoms with Gasteiger partial charge in [-0.05, 0) is 30.3 Å². The van der Waals surface area contributed by atoms with Gasteiger partial charge < -0.3 is 19.8 Å². The van der Waals surface area contributed by atoms with Crippen LogP contribution in [0, 0.1) is 0 Å². The first-order chi connectivity index (χ1) is 13.0. The van der Waals surface area contributed by atoms with Crippen molar-refractivity contribution in [1.29, 1.82) is 0 Å². The topological polar surface area (TPSA) is 87.1 Å². The van der Waals surface area contributed by atoms with Gasteiger partial charge in [0.25, 0.3) is 11.7 Å². The van der Waals surface area contributed by atoms with Crippen molar-refractivity contribution in [1.82, 2.24) is 4.90 Å². The van der Waals surface area contributed by atoms with Crippen LogP contribution >= 0.6 is 11.6 Å². The average Bonchev–Trinajstić information content (AvgIpc) is 2.93. The van der Waals surface area contributed by atoms with Crippen LogP contribution in [0.3, 0.4) is 0 Å². The highest BCUT2D eigenvalue weighted by atomic mass is 35.5. The van der Waals surface area contributed by atoms with Crippen molar-refractivity contribution in [3.05, 3.63) is 70.3 Å². The molecular weight excluding hydrogens is 370 g/mol. The monoisotopic (exact) mass is 387 g/mol. The molecule has 140 valence electrons. The van der Waals surface area contributed by atoms with E-state index >= 15 is 0 Å². The number of ketones is 1. The smallest absolute Gasteiger partial charge is 0.295 e. The number of carbonyl (C=O) groups is 2. The largest absolute Gasteiger partial charge is 0.507 e. The highest BCUT2D eigenvalue weighted by Gasteiger charge is 2.46. The third-order valence-electron chi connectivity index (χ3n) is 4.43. The van der Waals surface area contributed by atoms with Crippen LogP contribution in [0.2, 0.25) is 5.02 Å². The molecule has 0 unspecified atom stereocenters. The van der Waals surface area contributed by atoms with Crippen LogP contribution in [0.15, 0.2) is 54.1 Å². The molecule has 0 saturated carbocycles. The first kappa shape index (κ1) is 18.9. The molecule has 0 spiro atoms. The molecule has 0 aromatic heterocycles. The lowest BCUT2D eigenvalue weighted by Crippen LogP contribution is -2.32. The number of amides is 1. The van der Waals surface area contributed by atoms with E-state index in [-0.39, 0.29) is 24.5 Å². The van der Waals surface area contributed by atoms with Crippen LogP contribution in [0.5, 0.6) is 5.75 Å². The number of para-hydroxylation sites is 1. The van der Waals surface area contributed by atoms with Crippen LogP contribution in [0.1, 0.15) is 17.2 Å². The van der Waals surface area contributed by atoms with Gasteiger partial charge in [-0.3, -0.25) is 9.59 Å². The van der Waals surface area contributed by atoms with Gasteiger partial charge in [-0.25, -0.2) is 0 Å². The molecule has 1 aliphatic heterocycles. The van der Waals surface area contributed by atoms with Crippen molar-refractivity contribution >= 4 is 29.1 Å². The van der Waals surface area contributed by atoms with Crippen molar-refractivity contribution < 1.29 is 24.5 Å². The first-order valence-electron chi connectivity index (χ1n) is 8.27. The van der Waals surface area contributed by atoms with Crippen molar-refractivity contribution in [2.75, 3.05) is 20.3 Å². The van der Waals surface area contributed by atoms with E-state index in [0.717, 1.165) is 0 Å². The Morgan fingerprint density at radius 1 is 1.15 bits per heavy atom. The fraction of sp³-hybridized carbons (Fsp3) is 0.200. The molecule has 2 N–H and O–H groups in total. The highest BCUT2D eigenvalue weighted by molar-refractivity contribution is 6.46. The SMILES string of the molecule is COc1ccccc1[C@@H]1C(=C(O)c2ccc(Cl)cc2)C(=O)C(=O)N1CCO. The maximum Gasteiger partial charge on any atom is 0.295 e. The Hall–Kier alpha value is -2.83. The second-order valence-corrected chi connectivity index (χ2v) is 6.40. The molecule has 1 heterocycles. The predicted molar refractivity (Wildman–Crippen MR) is 101 cm³/mol. The summed E-state index contributed by atoms with van der Waals surface area (Å²) in [5.41, 5.74) is 0.852. The van der Waals surface area contributed by atoms with Crippen molar-refractivity contribution in [3.63, 3.8) is 0 Å². The van der Waals surface area contributed by atoms with Crippen LogP contribution in [-0.2, 0) is 9.59 Å². The van der Waals surface area contributed by atoms with E-state index in [1.54, 1.807) is 48.5 Å². The van der Waals surface area contributed by atoms with Gasteiger partial charge in [0, 0.05) is 22.7 Å². The summed E-state index contributed by atoms with van der Waals surface area (Å²) >= 11 is 5.89.